The van der Waals surface area contributed by atoms with E-state index in [0.29, 0.717) is 6.61 Å². The van der Waals surface area contributed by atoms with Crippen LogP contribution in [0.1, 0.15) is 74.6 Å². The Morgan fingerprint density at radius 1 is 0.943 bits per heavy atom. The van der Waals surface area contributed by atoms with E-state index in [1.165, 1.54) is 24.3 Å². The van der Waals surface area contributed by atoms with Gasteiger partial charge in [-0.3, -0.25) is 10.1 Å². The number of non-ortho nitro benzene ring substituents is 1. The molecule has 0 radical (unpaired) electrons. The fourth-order valence-electron chi connectivity index (χ4n) is 6.15. The molecule has 10 heteroatoms. The van der Waals surface area contributed by atoms with Crippen LogP contribution in [-0.4, -0.2) is 59.8 Å². The maximum Gasteiger partial charge on any atom is 0.338 e. The molecule has 3 saturated heterocycles. The van der Waals surface area contributed by atoms with Gasteiger partial charge in [0.25, 0.3) is 5.69 Å². The third-order valence-corrected chi connectivity index (χ3v) is 7.90. The summed E-state index contributed by atoms with van der Waals surface area (Å²) in [4.78, 5) is 23.8. The number of carbonyl (C=O) groups excluding carboxylic acids is 1. The minimum atomic E-state index is -0.791. The van der Waals surface area contributed by atoms with Crippen LogP contribution in [0.15, 0.2) is 24.3 Å². The molecule has 10 nitrogen and oxygen atoms in total. The van der Waals surface area contributed by atoms with Gasteiger partial charge in [0.05, 0.1) is 17.1 Å². The first-order chi connectivity index (χ1) is 17.0. The van der Waals surface area contributed by atoms with Crippen molar-refractivity contribution in [2.75, 3.05) is 6.61 Å². The van der Waals surface area contributed by atoms with E-state index in [1.54, 1.807) is 0 Å². The highest BCUT2D eigenvalue weighted by molar-refractivity contribution is 5.90. The standard InChI is InChI=1S/C25H31NO9/c27-22(16-8-7-9-17(14-16)26(28)29)31-20-19(18-15-30-24(33-18)10-3-1-4-11-24)32-23-21(20)34-25(35-23)12-5-2-6-13-25/h7-9,14,18-21,23H,1-6,10-13,15H2. The molecule has 0 amide bonds. The molecule has 3 heterocycles. The van der Waals surface area contributed by atoms with Crippen molar-refractivity contribution >= 4 is 11.7 Å². The van der Waals surface area contributed by atoms with Gasteiger partial charge >= 0.3 is 5.97 Å². The zero-order chi connectivity index (χ0) is 24.0. The lowest BCUT2D eigenvalue weighted by Crippen LogP contribution is -2.46. The molecule has 0 bridgehead atoms. The topological polar surface area (TPSA) is 116 Å². The van der Waals surface area contributed by atoms with Crippen molar-refractivity contribution in [3.8, 4) is 0 Å². The van der Waals surface area contributed by atoms with E-state index in [2.05, 4.69) is 0 Å². The Labute approximate surface area is 203 Å². The molecule has 6 rings (SSSR count). The smallest absolute Gasteiger partial charge is 0.338 e. The molecule has 5 unspecified atom stereocenters. The average Bonchev–Trinajstić information content (AvgIpc) is 3.52. The molecule has 2 spiro atoms. The summed E-state index contributed by atoms with van der Waals surface area (Å²) in [6.07, 6.45) is 6.46. The largest absolute Gasteiger partial charge is 0.453 e. The SMILES string of the molecule is O=C(OC1C(C2COC3(CCCCC3)O2)OC2OC3(CCCCC3)OC21)c1cccc([N+](=O)[O-])c1. The van der Waals surface area contributed by atoms with Crippen molar-refractivity contribution < 1.29 is 38.1 Å². The Hall–Kier alpha value is -2.11. The summed E-state index contributed by atoms with van der Waals surface area (Å²) in [6.45, 7) is 0.333. The minimum Gasteiger partial charge on any atom is -0.453 e. The van der Waals surface area contributed by atoms with E-state index in [-0.39, 0.29) is 11.3 Å². The van der Waals surface area contributed by atoms with E-state index in [4.69, 9.17) is 28.4 Å². The maximum absolute atomic E-state index is 13.1. The van der Waals surface area contributed by atoms with Gasteiger partial charge in [0.1, 0.15) is 12.2 Å². The van der Waals surface area contributed by atoms with Crippen molar-refractivity contribution in [1.82, 2.24) is 0 Å². The van der Waals surface area contributed by atoms with Crippen LogP contribution in [0.5, 0.6) is 0 Å². The highest BCUT2D eigenvalue weighted by Gasteiger charge is 2.62. The van der Waals surface area contributed by atoms with Crippen LogP contribution in [0, 0.1) is 10.1 Å². The summed E-state index contributed by atoms with van der Waals surface area (Å²) in [5.41, 5.74) is -0.0787. The van der Waals surface area contributed by atoms with Crippen molar-refractivity contribution in [1.29, 1.82) is 0 Å². The van der Waals surface area contributed by atoms with Crippen LogP contribution < -0.4 is 0 Å². The summed E-state index contributed by atoms with van der Waals surface area (Å²) >= 11 is 0. The molecule has 5 aliphatic rings. The first-order valence-corrected chi connectivity index (χ1v) is 12.7. The molecule has 0 N–H and O–H groups in total. The average molecular weight is 490 g/mol. The fraction of sp³-hybridized carbons (Fsp3) is 0.720. The van der Waals surface area contributed by atoms with Crippen LogP contribution in [0.25, 0.3) is 0 Å². The first-order valence-electron chi connectivity index (χ1n) is 12.7. The highest BCUT2D eigenvalue weighted by Crippen LogP contribution is 2.48. The molecular formula is C25H31NO9. The lowest BCUT2D eigenvalue weighted by molar-refractivity contribution is -0.384. The summed E-state index contributed by atoms with van der Waals surface area (Å²) in [5.74, 6) is -2.00. The highest BCUT2D eigenvalue weighted by atomic mass is 16.9. The van der Waals surface area contributed by atoms with Crippen LogP contribution in [0.2, 0.25) is 0 Å². The van der Waals surface area contributed by atoms with Crippen LogP contribution in [-0.2, 0) is 28.4 Å². The number of nitro groups is 1. The predicted octanol–water partition coefficient (Wildman–Crippen LogP) is 4.00. The number of rotatable bonds is 4. The number of benzene rings is 1. The van der Waals surface area contributed by atoms with Gasteiger partial charge in [-0.25, -0.2) is 4.79 Å². The molecular weight excluding hydrogens is 458 g/mol. The van der Waals surface area contributed by atoms with Gasteiger partial charge in [-0.15, -0.1) is 0 Å². The molecule has 0 aromatic heterocycles. The van der Waals surface area contributed by atoms with Crippen LogP contribution in [0.3, 0.4) is 0 Å². The summed E-state index contributed by atoms with van der Waals surface area (Å²) in [6, 6.07) is 5.51. The number of hydrogen-bond acceptors (Lipinski definition) is 9. The Morgan fingerprint density at radius 2 is 1.66 bits per heavy atom. The zero-order valence-electron chi connectivity index (χ0n) is 19.6. The molecule has 5 atom stereocenters. The second-order valence-corrected chi connectivity index (χ2v) is 10.3. The van der Waals surface area contributed by atoms with Crippen LogP contribution >= 0.6 is 0 Å². The van der Waals surface area contributed by atoms with Gasteiger partial charge in [0.2, 0.25) is 0 Å². The van der Waals surface area contributed by atoms with E-state index in [1.807, 2.05) is 0 Å². The second kappa shape index (κ2) is 9.08. The molecule has 35 heavy (non-hydrogen) atoms. The van der Waals surface area contributed by atoms with Crippen molar-refractivity contribution in [2.24, 2.45) is 0 Å². The first kappa shape index (κ1) is 23.3. The van der Waals surface area contributed by atoms with Gasteiger partial charge in [-0.05, 0) is 31.7 Å². The molecule has 1 aromatic rings. The zero-order valence-corrected chi connectivity index (χ0v) is 19.6. The summed E-state index contributed by atoms with van der Waals surface area (Å²) in [5, 5.41) is 11.2. The molecule has 3 aliphatic heterocycles. The van der Waals surface area contributed by atoms with Crippen molar-refractivity contribution in [3.63, 3.8) is 0 Å². The molecule has 5 fully saturated rings. The second-order valence-electron chi connectivity index (χ2n) is 10.3. The lowest BCUT2D eigenvalue weighted by atomic mass is 9.94. The predicted molar refractivity (Wildman–Crippen MR) is 119 cm³/mol. The van der Waals surface area contributed by atoms with E-state index in [9.17, 15) is 14.9 Å². The van der Waals surface area contributed by atoms with Gasteiger partial charge < -0.3 is 28.4 Å². The van der Waals surface area contributed by atoms with E-state index >= 15 is 0 Å². The fourth-order valence-corrected chi connectivity index (χ4v) is 6.15. The van der Waals surface area contributed by atoms with Crippen LogP contribution in [0.4, 0.5) is 5.69 Å². The lowest BCUT2D eigenvalue weighted by Gasteiger charge is -2.35. The van der Waals surface area contributed by atoms with Gasteiger partial charge in [0, 0.05) is 37.8 Å². The van der Waals surface area contributed by atoms with E-state index in [0.717, 1.165) is 64.2 Å². The Morgan fingerprint density at radius 3 is 2.37 bits per heavy atom. The molecule has 1 aromatic carbocycles. The molecule has 2 aliphatic carbocycles. The van der Waals surface area contributed by atoms with E-state index < -0.39 is 53.2 Å². The summed E-state index contributed by atoms with van der Waals surface area (Å²) in [7, 11) is 0. The maximum atomic E-state index is 13.1. The third kappa shape index (κ3) is 4.35. The third-order valence-electron chi connectivity index (χ3n) is 7.90. The number of nitrogens with zero attached hydrogens (tertiary/aromatic N) is 1. The summed E-state index contributed by atoms with van der Waals surface area (Å²) < 4.78 is 37.5. The van der Waals surface area contributed by atoms with Gasteiger partial charge in [-0.1, -0.05) is 18.9 Å². The van der Waals surface area contributed by atoms with Crippen molar-refractivity contribution in [3.05, 3.63) is 39.9 Å². The Kier molecular flexibility index (Phi) is 6.04. The van der Waals surface area contributed by atoms with Gasteiger partial charge in [-0.2, -0.15) is 0 Å². The quantitative estimate of drug-likeness (QED) is 0.351. The number of carbonyl (C=O) groups is 1. The minimum absolute atomic E-state index is 0.0973. The Bertz CT molecular complexity index is 971. The van der Waals surface area contributed by atoms with Crippen molar-refractivity contribution in [2.45, 2.75) is 106 Å². The number of nitro benzene ring substituents is 1. The normalized spacial score (nSPS) is 35.3. The number of esters is 1. The number of fused-ring (bicyclic) bond motifs is 1. The number of ether oxygens (including phenoxy) is 6. The van der Waals surface area contributed by atoms with Gasteiger partial charge in [0.15, 0.2) is 30.1 Å². The number of hydrogen-bond donors (Lipinski definition) is 0. The molecule has 190 valence electrons. The monoisotopic (exact) mass is 489 g/mol. The Balaban J connectivity index is 1.23. The molecule has 2 saturated carbocycles.